The Labute approximate surface area is 96.8 Å². The van der Waals surface area contributed by atoms with Crippen molar-refractivity contribution in [3.05, 3.63) is 30.3 Å². The molecule has 2 rings (SSSR count). The average molecular weight is 271 g/mol. The van der Waals surface area contributed by atoms with Gasteiger partial charge in [0, 0.05) is 0 Å². The van der Waals surface area contributed by atoms with E-state index in [1.807, 2.05) is 6.07 Å². The van der Waals surface area contributed by atoms with Gasteiger partial charge in [0.15, 0.2) is 0 Å². The molecule has 1 aromatic carbocycles. The Kier molecular flexibility index (Phi) is 4.21. The molecule has 0 saturated carbocycles. The summed E-state index contributed by atoms with van der Waals surface area (Å²) in [5.41, 5.74) is 0. The molecule has 1 N–H and O–H groups in total. The number of aliphatic hydroxyl groups is 1. The van der Waals surface area contributed by atoms with E-state index in [1.165, 1.54) is 4.46 Å². The first-order chi connectivity index (χ1) is 7.36. The normalized spacial score (nSPS) is 26.5. The molecule has 0 bridgehead atoms. The zero-order chi connectivity index (χ0) is 10.5. The molecule has 82 valence electrons. The van der Waals surface area contributed by atoms with Crippen LogP contribution in [0.1, 0.15) is 12.8 Å². The Morgan fingerprint density at radius 3 is 2.87 bits per heavy atom. The van der Waals surface area contributed by atoms with Crippen LogP contribution in [0.15, 0.2) is 30.3 Å². The molecule has 0 amide bonds. The van der Waals surface area contributed by atoms with E-state index >= 15 is 0 Å². The van der Waals surface area contributed by atoms with Crippen molar-refractivity contribution in [2.45, 2.75) is 30.4 Å². The van der Waals surface area contributed by atoms with Crippen LogP contribution in [0.5, 0.6) is 0 Å². The van der Waals surface area contributed by atoms with Crippen LogP contribution in [0.2, 0.25) is 5.32 Å². The third-order valence-electron chi connectivity index (χ3n) is 2.56. The number of rotatable bonds is 3. The molecular weight excluding hydrogens is 255 g/mol. The van der Waals surface area contributed by atoms with Crippen LogP contribution in [0, 0.1) is 0 Å². The molecule has 1 aliphatic rings. The molecule has 0 radical (unpaired) electrons. The molecule has 0 spiro atoms. The maximum absolute atomic E-state index is 9.73. The first-order valence-electron chi connectivity index (χ1n) is 5.34. The van der Waals surface area contributed by atoms with Crippen molar-refractivity contribution >= 4 is 19.4 Å². The van der Waals surface area contributed by atoms with Crippen LogP contribution in [-0.2, 0) is 4.74 Å². The van der Waals surface area contributed by atoms with Crippen LogP contribution in [0.3, 0.4) is 0 Å². The monoisotopic (exact) mass is 272 g/mol. The number of hydrogen-bond acceptors (Lipinski definition) is 2. The zero-order valence-corrected chi connectivity index (χ0v) is 10.3. The minimum absolute atomic E-state index is 0.0685. The Morgan fingerprint density at radius 2 is 2.13 bits per heavy atom. The molecule has 1 saturated heterocycles. The van der Waals surface area contributed by atoms with Gasteiger partial charge in [-0.3, -0.25) is 0 Å². The summed E-state index contributed by atoms with van der Waals surface area (Å²) in [4.78, 5) is 0. The molecule has 0 unspecified atom stereocenters. The second-order valence-corrected chi connectivity index (χ2v) is 6.04. The molecule has 0 aromatic heterocycles. The SMILES string of the molecule is O[C@@H]1CCCO[C@H]1C[Se]c1ccccc1. The predicted octanol–water partition coefficient (Wildman–Crippen LogP) is 0.974. The van der Waals surface area contributed by atoms with Crippen molar-refractivity contribution in [2.75, 3.05) is 6.61 Å². The summed E-state index contributed by atoms with van der Waals surface area (Å²) in [5.74, 6) is 0. The summed E-state index contributed by atoms with van der Waals surface area (Å²) >= 11 is 0.421. The van der Waals surface area contributed by atoms with Gasteiger partial charge in [-0.25, -0.2) is 0 Å². The summed E-state index contributed by atoms with van der Waals surface area (Å²) in [6, 6.07) is 10.5. The van der Waals surface area contributed by atoms with Crippen molar-refractivity contribution < 1.29 is 9.84 Å². The second kappa shape index (κ2) is 5.66. The number of hydrogen-bond donors (Lipinski definition) is 1. The van der Waals surface area contributed by atoms with Crippen molar-refractivity contribution in [3.8, 4) is 0 Å². The van der Waals surface area contributed by atoms with Crippen LogP contribution < -0.4 is 4.46 Å². The van der Waals surface area contributed by atoms with Crippen molar-refractivity contribution in [1.29, 1.82) is 0 Å². The van der Waals surface area contributed by atoms with Gasteiger partial charge >= 0.3 is 96.6 Å². The van der Waals surface area contributed by atoms with Gasteiger partial charge in [-0.2, -0.15) is 0 Å². The molecule has 1 fully saturated rings. The van der Waals surface area contributed by atoms with E-state index < -0.39 is 0 Å². The van der Waals surface area contributed by atoms with E-state index in [4.69, 9.17) is 4.74 Å². The second-order valence-electron chi connectivity index (χ2n) is 3.74. The van der Waals surface area contributed by atoms with E-state index in [2.05, 4.69) is 24.3 Å². The number of aliphatic hydroxyl groups excluding tert-OH is 1. The minimum atomic E-state index is -0.246. The van der Waals surface area contributed by atoms with Crippen LogP contribution >= 0.6 is 0 Å². The Bertz CT molecular complexity index is 289. The fourth-order valence-electron chi connectivity index (χ4n) is 1.68. The molecule has 1 aliphatic heterocycles. The van der Waals surface area contributed by atoms with Gasteiger partial charge in [0.1, 0.15) is 0 Å². The predicted molar refractivity (Wildman–Crippen MR) is 61.6 cm³/mol. The van der Waals surface area contributed by atoms with Crippen LogP contribution in [0.25, 0.3) is 0 Å². The molecular formula is C12H16O2Se. The van der Waals surface area contributed by atoms with Crippen LogP contribution in [0.4, 0.5) is 0 Å². The van der Waals surface area contributed by atoms with E-state index in [1.54, 1.807) is 0 Å². The first-order valence-corrected chi connectivity index (χ1v) is 7.40. The molecule has 1 heterocycles. The molecule has 2 nitrogen and oxygen atoms in total. The molecule has 1 aromatic rings. The number of benzene rings is 1. The van der Waals surface area contributed by atoms with Gasteiger partial charge in [-0.05, 0) is 0 Å². The summed E-state index contributed by atoms with van der Waals surface area (Å²) in [6.07, 6.45) is 1.72. The number of ether oxygens (including phenoxy) is 1. The quantitative estimate of drug-likeness (QED) is 0.830. The van der Waals surface area contributed by atoms with Crippen molar-refractivity contribution in [3.63, 3.8) is 0 Å². The van der Waals surface area contributed by atoms with Gasteiger partial charge in [-0.15, -0.1) is 0 Å². The molecule has 15 heavy (non-hydrogen) atoms. The summed E-state index contributed by atoms with van der Waals surface area (Å²) < 4.78 is 6.96. The maximum atomic E-state index is 9.73. The van der Waals surface area contributed by atoms with E-state index in [9.17, 15) is 5.11 Å². The summed E-state index contributed by atoms with van der Waals surface area (Å²) in [5, 5.41) is 10.7. The van der Waals surface area contributed by atoms with E-state index in [0.29, 0.717) is 15.0 Å². The fourth-order valence-corrected chi connectivity index (χ4v) is 3.83. The van der Waals surface area contributed by atoms with Gasteiger partial charge in [-0.1, -0.05) is 0 Å². The van der Waals surface area contributed by atoms with Gasteiger partial charge in [0.05, 0.1) is 0 Å². The Morgan fingerprint density at radius 1 is 1.33 bits per heavy atom. The molecule has 3 heteroatoms. The fraction of sp³-hybridized carbons (Fsp3) is 0.500. The summed E-state index contributed by atoms with van der Waals surface area (Å²) in [6.45, 7) is 0.812. The Hall–Kier alpha value is -0.341. The summed E-state index contributed by atoms with van der Waals surface area (Å²) in [7, 11) is 0. The topological polar surface area (TPSA) is 29.5 Å². The van der Waals surface area contributed by atoms with Crippen molar-refractivity contribution in [2.24, 2.45) is 0 Å². The van der Waals surface area contributed by atoms with E-state index in [0.717, 1.165) is 24.8 Å². The van der Waals surface area contributed by atoms with Gasteiger partial charge < -0.3 is 0 Å². The molecule has 2 atom stereocenters. The third-order valence-corrected chi connectivity index (χ3v) is 4.87. The van der Waals surface area contributed by atoms with Crippen molar-refractivity contribution in [1.82, 2.24) is 0 Å². The third kappa shape index (κ3) is 3.32. The average Bonchev–Trinajstić information content (AvgIpc) is 2.29. The van der Waals surface area contributed by atoms with Crippen LogP contribution in [-0.4, -0.2) is 38.9 Å². The standard InChI is InChI=1S/C12H16O2Se/c13-11-7-4-8-14-12(11)9-15-10-5-2-1-3-6-10/h1-3,5-6,11-13H,4,7-9H2/t11-,12+/m1/s1. The van der Waals surface area contributed by atoms with Gasteiger partial charge in [0.2, 0.25) is 0 Å². The van der Waals surface area contributed by atoms with E-state index in [-0.39, 0.29) is 12.2 Å². The van der Waals surface area contributed by atoms with Gasteiger partial charge in [0.25, 0.3) is 0 Å². The Balaban J connectivity index is 1.82. The first kappa shape index (κ1) is 11.2. The zero-order valence-electron chi connectivity index (χ0n) is 8.63. The molecule has 0 aliphatic carbocycles.